The van der Waals surface area contributed by atoms with Gasteiger partial charge in [-0.3, -0.25) is 0 Å². The second-order valence-corrected chi connectivity index (χ2v) is 6.68. The molecule has 0 bridgehead atoms. The maximum atomic E-state index is 3.79. The van der Waals surface area contributed by atoms with Gasteiger partial charge in [0.1, 0.15) is 0 Å². The molecule has 106 valence electrons. The summed E-state index contributed by atoms with van der Waals surface area (Å²) in [6.07, 6.45) is 12.8. The number of likely N-dealkylation sites (N-methyl/N-ethyl adjacent to an activating group) is 1. The molecule has 0 saturated heterocycles. The second kappa shape index (κ2) is 7.49. The molecule has 2 unspecified atom stereocenters. The van der Waals surface area contributed by atoms with Crippen molar-refractivity contribution < 1.29 is 0 Å². The Morgan fingerprint density at radius 2 is 1.72 bits per heavy atom. The summed E-state index contributed by atoms with van der Waals surface area (Å²) in [6, 6.07) is 1.67. The first-order valence-electron chi connectivity index (χ1n) is 8.19. The van der Waals surface area contributed by atoms with Gasteiger partial charge in [-0.1, -0.05) is 32.6 Å². The Morgan fingerprint density at radius 3 is 2.50 bits per heavy atom. The maximum absolute atomic E-state index is 3.79. The van der Waals surface area contributed by atoms with Crippen molar-refractivity contribution in [3.8, 4) is 0 Å². The average molecular weight is 252 g/mol. The maximum Gasteiger partial charge on any atom is 0.0107 e. The van der Waals surface area contributed by atoms with Gasteiger partial charge < -0.3 is 10.2 Å². The predicted molar refractivity (Wildman–Crippen MR) is 78.9 cm³/mol. The molecule has 2 aliphatic rings. The third-order valence-electron chi connectivity index (χ3n) is 5.10. The summed E-state index contributed by atoms with van der Waals surface area (Å²) in [4.78, 5) is 2.58. The summed E-state index contributed by atoms with van der Waals surface area (Å²) in [6.45, 7) is 4.83. The van der Waals surface area contributed by atoms with Gasteiger partial charge in [-0.05, 0) is 45.1 Å². The topological polar surface area (TPSA) is 15.3 Å². The Bertz CT molecular complexity index is 223. The molecule has 2 saturated carbocycles. The van der Waals surface area contributed by atoms with E-state index >= 15 is 0 Å². The molecule has 0 aliphatic heterocycles. The van der Waals surface area contributed by atoms with Crippen LogP contribution in [0.1, 0.15) is 64.7 Å². The molecule has 0 amide bonds. The zero-order chi connectivity index (χ0) is 12.8. The molecule has 2 atom stereocenters. The van der Waals surface area contributed by atoms with E-state index in [1.54, 1.807) is 0 Å². The minimum Gasteiger partial charge on any atom is -0.313 e. The van der Waals surface area contributed by atoms with E-state index < -0.39 is 0 Å². The minimum absolute atomic E-state index is 0.798. The van der Waals surface area contributed by atoms with Crippen molar-refractivity contribution in [2.75, 3.05) is 20.1 Å². The molecule has 0 aromatic heterocycles. The van der Waals surface area contributed by atoms with E-state index in [-0.39, 0.29) is 0 Å². The van der Waals surface area contributed by atoms with Crippen molar-refractivity contribution in [3.63, 3.8) is 0 Å². The van der Waals surface area contributed by atoms with Gasteiger partial charge in [0.05, 0.1) is 0 Å². The number of hydrogen-bond acceptors (Lipinski definition) is 2. The van der Waals surface area contributed by atoms with Crippen molar-refractivity contribution >= 4 is 0 Å². The highest BCUT2D eigenvalue weighted by molar-refractivity contribution is 4.77. The fraction of sp³-hybridized carbons (Fsp3) is 1.00. The van der Waals surface area contributed by atoms with Gasteiger partial charge in [-0.15, -0.1) is 0 Å². The van der Waals surface area contributed by atoms with Crippen LogP contribution in [0.3, 0.4) is 0 Å². The van der Waals surface area contributed by atoms with Crippen LogP contribution in [0.2, 0.25) is 0 Å². The van der Waals surface area contributed by atoms with Gasteiger partial charge in [0, 0.05) is 25.2 Å². The minimum atomic E-state index is 0.798. The zero-order valence-corrected chi connectivity index (χ0v) is 12.5. The second-order valence-electron chi connectivity index (χ2n) is 6.68. The molecule has 2 rings (SSSR count). The van der Waals surface area contributed by atoms with Crippen molar-refractivity contribution in [2.24, 2.45) is 5.92 Å². The first kappa shape index (κ1) is 14.3. The first-order valence-corrected chi connectivity index (χ1v) is 8.19. The lowest BCUT2D eigenvalue weighted by molar-refractivity contribution is 0.240. The number of rotatable bonds is 5. The lowest BCUT2D eigenvalue weighted by atomic mass is 10.0. The highest BCUT2D eigenvalue weighted by atomic mass is 15.1. The Labute approximate surface area is 114 Å². The monoisotopic (exact) mass is 252 g/mol. The van der Waals surface area contributed by atoms with E-state index in [2.05, 4.69) is 24.2 Å². The number of hydrogen-bond donors (Lipinski definition) is 1. The number of nitrogens with zero attached hydrogens (tertiary/aromatic N) is 1. The molecule has 2 heteroatoms. The van der Waals surface area contributed by atoms with E-state index in [4.69, 9.17) is 0 Å². The van der Waals surface area contributed by atoms with Crippen molar-refractivity contribution in [1.29, 1.82) is 0 Å². The summed E-state index contributed by atoms with van der Waals surface area (Å²) >= 11 is 0. The Kier molecular flexibility index (Phi) is 5.97. The van der Waals surface area contributed by atoms with Crippen LogP contribution in [0, 0.1) is 5.92 Å². The van der Waals surface area contributed by atoms with Crippen LogP contribution in [0.15, 0.2) is 0 Å². The predicted octanol–water partition coefficient (Wildman–Crippen LogP) is 3.42. The smallest absolute Gasteiger partial charge is 0.0107 e. The molecule has 2 aliphatic carbocycles. The van der Waals surface area contributed by atoms with Crippen LogP contribution in [0.25, 0.3) is 0 Å². The summed E-state index contributed by atoms with van der Waals surface area (Å²) in [5.41, 5.74) is 0. The molecular formula is C16H32N2. The van der Waals surface area contributed by atoms with E-state index in [1.165, 1.54) is 70.9 Å². The molecule has 0 aromatic rings. The lowest BCUT2D eigenvalue weighted by Gasteiger charge is -2.25. The fourth-order valence-corrected chi connectivity index (χ4v) is 3.66. The molecule has 0 radical (unpaired) electrons. The normalized spacial score (nSPS) is 30.8. The molecule has 2 nitrogen and oxygen atoms in total. The Balaban J connectivity index is 1.59. The van der Waals surface area contributed by atoms with E-state index in [9.17, 15) is 0 Å². The SMILES string of the molecule is CC1CCCC(NCCN(C)C2CCCC2)CC1. The van der Waals surface area contributed by atoms with Gasteiger partial charge in [-0.2, -0.15) is 0 Å². The lowest BCUT2D eigenvalue weighted by Crippen LogP contribution is -2.39. The van der Waals surface area contributed by atoms with Crippen LogP contribution in [-0.2, 0) is 0 Å². The molecular weight excluding hydrogens is 220 g/mol. The summed E-state index contributed by atoms with van der Waals surface area (Å²) in [7, 11) is 2.31. The highest BCUT2D eigenvalue weighted by Gasteiger charge is 2.20. The Hall–Kier alpha value is -0.0800. The molecule has 18 heavy (non-hydrogen) atoms. The molecule has 0 heterocycles. The van der Waals surface area contributed by atoms with Gasteiger partial charge in [0.2, 0.25) is 0 Å². The molecule has 2 fully saturated rings. The molecule has 0 spiro atoms. The van der Waals surface area contributed by atoms with Gasteiger partial charge in [-0.25, -0.2) is 0 Å². The van der Waals surface area contributed by atoms with Crippen LogP contribution < -0.4 is 5.32 Å². The molecule has 1 N–H and O–H groups in total. The van der Waals surface area contributed by atoms with Crippen LogP contribution in [0.5, 0.6) is 0 Å². The largest absolute Gasteiger partial charge is 0.313 e. The van der Waals surface area contributed by atoms with Gasteiger partial charge >= 0.3 is 0 Å². The van der Waals surface area contributed by atoms with E-state index in [1.807, 2.05) is 0 Å². The summed E-state index contributed by atoms with van der Waals surface area (Å²) in [5, 5.41) is 3.79. The van der Waals surface area contributed by atoms with Gasteiger partial charge in [0.15, 0.2) is 0 Å². The van der Waals surface area contributed by atoms with Crippen molar-refractivity contribution in [2.45, 2.75) is 76.8 Å². The zero-order valence-electron chi connectivity index (χ0n) is 12.5. The number of nitrogens with one attached hydrogen (secondary N) is 1. The standard InChI is InChI=1S/C16H32N2/c1-14-6-5-7-15(11-10-14)17-12-13-18(2)16-8-3-4-9-16/h14-17H,3-13H2,1-2H3. The van der Waals surface area contributed by atoms with Crippen molar-refractivity contribution in [1.82, 2.24) is 10.2 Å². The quantitative estimate of drug-likeness (QED) is 0.754. The molecule has 0 aromatic carbocycles. The summed E-state index contributed by atoms with van der Waals surface area (Å²) < 4.78 is 0. The van der Waals surface area contributed by atoms with E-state index in [0.29, 0.717) is 0 Å². The Morgan fingerprint density at radius 1 is 0.944 bits per heavy atom. The van der Waals surface area contributed by atoms with E-state index in [0.717, 1.165) is 18.0 Å². The third-order valence-corrected chi connectivity index (χ3v) is 5.10. The highest BCUT2D eigenvalue weighted by Crippen LogP contribution is 2.23. The third kappa shape index (κ3) is 4.55. The first-order chi connectivity index (χ1) is 8.75. The summed E-state index contributed by atoms with van der Waals surface area (Å²) in [5.74, 6) is 0.956. The van der Waals surface area contributed by atoms with Crippen molar-refractivity contribution in [3.05, 3.63) is 0 Å². The fourth-order valence-electron chi connectivity index (χ4n) is 3.66. The van der Waals surface area contributed by atoms with Crippen LogP contribution in [-0.4, -0.2) is 37.1 Å². The van der Waals surface area contributed by atoms with Crippen LogP contribution in [0.4, 0.5) is 0 Å². The average Bonchev–Trinajstić information content (AvgIpc) is 2.81. The van der Waals surface area contributed by atoms with Crippen LogP contribution >= 0.6 is 0 Å². The van der Waals surface area contributed by atoms with Gasteiger partial charge in [0.25, 0.3) is 0 Å².